The summed E-state index contributed by atoms with van der Waals surface area (Å²) in [6, 6.07) is 17.8. The van der Waals surface area contributed by atoms with Gasteiger partial charge in [0.2, 0.25) is 11.1 Å². The molecule has 7 nitrogen and oxygen atoms in total. The molecule has 5 aromatic rings. The van der Waals surface area contributed by atoms with E-state index in [4.69, 9.17) is 21.0 Å². The molecule has 178 valence electrons. The lowest BCUT2D eigenvalue weighted by Crippen LogP contribution is -2.22. The highest BCUT2D eigenvalue weighted by Crippen LogP contribution is 2.29. The largest absolute Gasteiger partial charge is 0.467 e. The molecule has 0 aliphatic heterocycles. The van der Waals surface area contributed by atoms with Gasteiger partial charge in [0.1, 0.15) is 11.3 Å². The highest BCUT2D eigenvalue weighted by Gasteiger charge is 2.16. The highest BCUT2D eigenvalue weighted by atomic mass is 35.5. The lowest BCUT2D eigenvalue weighted by molar-refractivity contribution is -0.121. The number of thioether (sulfide) groups is 1. The zero-order valence-corrected chi connectivity index (χ0v) is 20.8. The van der Waals surface area contributed by atoms with Gasteiger partial charge in [0.05, 0.1) is 18.3 Å². The van der Waals surface area contributed by atoms with Crippen LogP contribution in [-0.4, -0.2) is 31.4 Å². The van der Waals surface area contributed by atoms with Crippen LogP contribution in [-0.2, 0) is 17.9 Å². The van der Waals surface area contributed by atoms with Gasteiger partial charge in [-0.1, -0.05) is 47.1 Å². The Bertz CT molecular complexity index is 1480. The Morgan fingerprint density at radius 3 is 2.89 bits per heavy atom. The number of halogens is 1. The van der Waals surface area contributed by atoms with E-state index in [0.29, 0.717) is 36.1 Å². The number of aryl methyl sites for hydroxylation is 1. The molecule has 9 heteroatoms. The van der Waals surface area contributed by atoms with Gasteiger partial charge in [-0.25, -0.2) is 4.98 Å². The van der Waals surface area contributed by atoms with Crippen LogP contribution in [0.2, 0.25) is 5.02 Å². The number of amides is 1. The summed E-state index contributed by atoms with van der Waals surface area (Å²) in [6.45, 7) is 3.09. The lowest BCUT2D eigenvalue weighted by atomic mass is 10.1. The summed E-state index contributed by atoms with van der Waals surface area (Å²) >= 11 is 7.73. The zero-order chi connectivity index (χ0) is 24.2. The predicted octanol–water partition coefficient (Wildman–Crippen LogP) is 5.77. The van der Waals surface area contributed by atoms with E-state index in [-0.39, 0.29) is 5.91 Å². The normalized spacial score (nSPS) is 11.4. The van der Waals surface area contributed by atoms with Crippen molar-refractivity contribution in [3.05, 3.63) is 82.8 Å². The number of carbonyl (C=O) groups excluding carboxylic acids is 1. The number of hydrogen-bond acceptors (Lipinski definition) is 6. The van der Waals surface area contributed by atoms with E-state index >= 15 is 0 Å². The van der Waals surface area contributed by atoms with Gasteiger partial charge in [0.15, 0.2) is 5.65 Å². The third-order valence-electron chi connectivity index (χ3n) is 5.65. The molecule has 0 aliphatic carbocycles. The van der Waals surface area contributed by atoms with Crippen molar-refractivity contribution in [2.45, 2.75) is 38.0 Å². The number of nitrogens with zero attached hydrogens (tertiary/aromatic N) is 4. The van der Waals surface area contributed by atoms with Crippen LogP contribution in [0.4, 0.5) is 0 Å². The van der Waals surface area contributed by atoms with Crippen LogP contribution in [0.25, 0.3) is 22.1 Å². The van der Waals surface area contributed by atoms with Crippen molar-refractivity contribution < 1.29 is 9.21 Å². The number of benzene rings is 2. The Hall–Kier alpha value is -3.36. The molecule has 0 aliphatic rings. The van der Waals surface area contributed by atoms with Gasteiger partial charge in [0.25, 0.3) is 0 Å². The van der Waals surface area contributed by atoms with Crippen molar-refractivity contribution in [1.82, 2.24) is 25.1 Å². The number of fused-ring (bicyclic) bond motifs is 3. The standard InChI is InChI=1S/C26H24ClN5O2S/c1-17-9-10-22-21(13-17)24-25(32(22)16-18-5-2-6-19(27)14-18)29-26(31-30-24)35-12-4-8-23(33)28-15-20-7-3-11-34-20/h2-3,5-7,9-11,13-14H,4,8,12,15-16H2,1H3,(H,28,33). The quantitative estimate of drug-likeness (QED) is 0.202. The van der Waals surface area contributed by atoms with Crippen LogP contribution in [0.3, 0.4) is 0 Å². The van der Waals surface area contributed by atoms with E-state index < -0.39 is 0 Å². The van der Waals surface area contributed by atoms with Gasteiger partial charge >= 0.3 is 0 Å². The Balaban J connectivity index is 1.31. The first kappa shape index (κ1) is 23.4. The van der Waals surface area contributed by atoms with Crippen LogP contribution in [0.5, 0.6) is 0 Å². The lowest BCUT2D eigenvalue weighted by Gasteiger charge is -2.08. The first-order chi connectivity index (χ1) is 17.1. The Morgan fingerprint density at radius 2 is 2.06 bits per heavy atom. The molecule has 0 saturated carbocycles. The second-order valence-electron chi connectivity index (χ2n) is 8.31. The van der Waals surface area contributed by atoms with Crippen LogP contribution < -0.4 is 5.32 Å². The molecule has 0 unspecified atom stereocenters. The average Bonchev–Trinajstić information content (AvgIpc) is 3.47. The van der Waals surface area contributed by atoms with Crippen molar-refractivity contribution in [1.29, 1.82) is 0 Å². The van der Waals surface area contributed by atoms with Crippen LogP contribution in [0.15, 0.2) is 70.4 Å². The molecule has 1 N–H and O–H groups in total. The molecule has 0 atom stereocenters. The maximum absolute atomic E-state index is 12.1. The molecular weight excluding hydrogens is 482 g/mol. The Morgan fingerprint density at radius 1 is 1.14 bits per heavy atom. The number of rotatable bonds is 9. The van der Waals surface area contributed by atoms with E-state index in [0.717, 1.165) is 44.7 Å². The van der Waals surface area contributed by atoms with Gasteiger partial charge < -0.3 is 14.3 Å². The van der Waals surface area contributed by atoms with E-state index in [1.807, 2.05) is 24.3 Å². The molecule has 0 bridgehead atoms. The molecule has 0 saturated heterocycles. The van der Waals surface area contributed by atoms with E-state index in [1.54, 1.807) is 12.3 Å². The molecule has 35 heavy (non-hydrogen) atoms. The minimum Gasteiger partial charge on any atom is -0.467 e. The third-order valence-corrected chi connectivity index (χ3v) is 6.81. The molecule has 1 amide bonds. The van der Waals surface area contributed by atoms with Gasteiger partial charge in [-0.3, -0.25) is 4.79 Å². The zero-order valence-electron chi connectivity index (χ0n) is 19.2. The molecule has 0 fully saturated rings. The SMILES string of the molecule is Cc1ccc2c(c1)c1nnc(SCCCC(=O)NCc3ccco3)nc1n2Cc1cccc(Cl)c1. The number of hydrogen-bond donors (Lipinski definition) is 1. The number of carbonyl (C=O) groups is 1. The summed E-state index contributed by atoms with van der Waals surface area (Å²) in [6.07, 6.45) is 2.73. The van der Waals surface area contributed by atoms with Crippen LogP contribution in [0.1, 0.15) is 29.7 Å². The maximum atomic E-state index is 12.1. The average molecular weight is 506 g/mol. The van der Waals surface area contributed by atoms with Crippen molar-refractivity contribution in [2.75, 3.05) is 5.75 Å². The van der Waals surface area contributed by atoms with Crippen molar-refractivity contribution >= 4 is 51.3 Å². The number of nitrogens with one attached hydrogen (secondary N) is 1. The predicted molar refractivity (Wildman–Crippen MR) is 139 cm³/mol. The highest BCUT2D eigenvalue weighted by molar-refractivity contribution is 7.99. The van der Waals surface area contributed by atoms with Crippen LogP contribution >= 0.6 is 23.4 Å². The fourth-order valence-corrected chi connectivity index (χ4v) is 4.91. The van der Waals surface area contributed by atoms with Crippen molar-refractivity contribution in [3.63, 3.8) is 0 Å². The molecule has 3 heterocycles. The molecule has 0 spiro atoms. The molecule has 3 aromatic heterocycles. The molecule has 5 rings (SSSR count). The van der Waals surface area contributed by atoms with Gasteiger partial charge in [-0.15, -0.1) is 10.2 Å². The first-order valence-electron chi connectivity index (χ1n) is 11.4. The van der Waals surface area contributed by atoms with E-state index in [9.17, 15) is 4.79 Å². The van der Waals surface area contributed by atoms with Crippen molar-refractivity contribution in [2.24, 2.45) is 0 Å². The minimum absolute atomic E-state index is 0.00601. The Kier molecular flexibility index (Phi) is 7.01. The monoisotopic (exact) mass is 505 g/mol. The van der Waals surface area contributed by atoms with E-state index in [1.165, 1.54) is 11.8 Å². The second-order valence-corrected chi connectivity index (χ2v) is 9.81. The smallest absolute Gasteiger partial charge is 0.220 e. The minimum atomic E-state index is -0.00601. The van der Waals surface area contributed by atoms with E-state index in [2.05, 4.69) is 51.3 Å². The van der Waals surface area contributed by atoms with Gasteiger partial charge in [-0.05, 0) is 55.3 Å². The summed E-state index contributed by atoms with van der Waals surface area (Å²) in [5.41, 5.74) is 4.88. The summed E-state index contributed by atoms with van der Waals surface area (Å²) in [5.74, 6) is 1.45. The Labute approximate surface area is 211 Å². The first-order valence-corrected chi connectivity index (χ1v) is 12.7. The van der Waals surface area contributed by atoms with Crippen molar-refractivity contribution in [3.8, 4) is 0 Å². The third kappa shape index (κ3) is 5.49. The second kappa shape index (κ2) is 10.5. The van der Waals surface area contributed by atoms with Gasteiger partial charge in [-0.2, -0.15) is 0 Å². The summed E-state index contributed by atoms with van der Waals surface area (Å²) in [4.78, 5) is 16.9. The topological polar surface area (TPSA) is 85.8 Å². The summed E-state index contributed by atoms with van der Waals surface area (Å²) in [7, 11) is 0. The summed E-state index contributed by atoms with van der Waals surface area (Å²) in [5, 5.41) is 14.1. The fraction of sp³-hybridized carbons (Fsp3) is 0.231. The fourth-order valence-electron chi connectivity index (χ4n) is 3.98. The van der Waals surface area contributed by atoms with Crippen LogP contribution in [0, 0.1) is 6.92 Å². The molecule has 0 radical (unpaired) electrons. The maximum Gasteiger partial charge on any atom is 0.220 e. The van der Waals surface area contributed by atoms with Gasteiger partial charge in [0, 0.05) is 29.1 Å². The number of furan rings is 1. The summed E-state index contributed by atoms with van der Waals surface area (Å²) < 4.78 is 7.40. The molecule has 2 aromatic carbocycles. The molecular formula is C26H24ClN5O2S. The number of aromatic nitrogens is 4.